The SMILES string of the molecule is CCC(=O)Nc1nonc1-c1nnc(SCc2cc3c(cc2Br)OCO3)n1C. The molecule has 0 saturated carbocycles. The molecule has 1 amide bonds. The molecule has 0 aliphatic carbocycles. The maximum Gasteiger partial charge on any atom is 0.231 e. The predicted molar refractivity (Wildman–Crippen MR) is 103 cm³/mol. The Labute approximate surface area is 172 Å². The zero-order chi connectivity index (χ0) is 19.7. The van der Waals surface area contributed by atoms with Gasteiger partial charge in [-0.2, -0.15) is 0 Å². The number of nitrogens with one attached hydrogen (secondary N) is 1. The minimum Gasteiger partial charge on any atom is -0.454 e. The van der Waals surface area contributed by atoms with Gasteiger partial charge in [0.05, 0.1) is 0 Å². The van der Waals surface area contributed by atoms with E-state index < -0.39 is 0 Å². The number of ether oxygens (including phenoxy) is 2. The van der Waals surface area contributed by atoms with Crippen molar-refractivity contribution in [3.05, 3.63) is 22.2 Å². The number of aromatic nitrogens is 5. The van der Waals surface area contributed by atoms with E-state index in [1.165, 1.54) is 11.8 Å². The standard InChI is InChI=1S/C16H15BrN6O4S/c1-3-12(24)18-14-13(21-27-22-14)15-19-20-16(23(15)2)28-6-8-4-10-11(5-9(8)17)26-7-25-10/h4-5H,3,6-7H2,1-2H3,(H,18,22,24). The lowest BCUT2D eigenvalue weighted by Gasteiger charge is -2.06. The van der Waals surface area contributed by atoms with Gasteiger partial charge < -0.3 is 19.4 Å². The van der Waals surface area contributed by atoms with Crippen LogP contribution in [0.15, 0.2) is 26.4 Å². The summed E-state index contributed by atoms with van der Waals surface area (Å²) in [5.74, 6) is 2.56. The molecule has 0 unspecified atom stereocenters. The Bertz CT molecular complexity index is 1040. The van der Waals surface area contributed by atoms with Crippen LogP contribution in [-0.2, 0) is 17.6 Å². The third-order valence-electron chi connectivity index (χ3n) is 4.01. The van der Waals surface area contributed by atoms with Crippen molar-refractivity contribution >= 4 is 39.4 Å². The highest BCUT2D eigenvalue weighted by atomic mass is 79.9. The van der Waals surface area contributed by atoms with Crippen molar-refractivity contribution in [1.82, 2.24) is 25.1 Å². The second-order valence-corrected chi connectivity index (χ2v) is 7.61. The lowest BCUT2D eigenvalue weighted by Crippen LogP contribution is -2.11. The van der Waals surface area contributed by atoms with E-state index in [0.29, 0.717) is 28.8 Å². The molecule has 1 aliphatic heterocycles. The number of anilines is 1. The van der Waals surface area contributed by atoms with Crippen LogP contribution in [0.5, 0.6) is 11.5 Å². The summed E-state index contributed by atoms with van der Waals surface area (Å²) in [5, 5.41) is 19.3. The molecular weight excluding hydrogens is 452 g/mol. The molecule has 12 heteroatoms. The van der Waals surface area contributed by atoms with Crippen molar-refractivity contribution in [1.29, 1.82) is 0 Å². The van der Waals surface area contributed by atoms with E-state index in [1.807, 2.05) is 19.2 Å². The van der Waals surface area contributed by atoms with Crippen LogP contribution >= 0.6 is 27.7 Å². The minimum atomic E-state index is -0.193. The summed E-state index contributed by atoms with van der Waals surface area (Å²) in [6.45, 7) is 1.97. The fourth-order valence-electron chi connectivity index (χ4n) is 2.50. The van der Waals surface area contributed by atoms with Crippen molar-refractivity contribution in [2.75, 3.05) is 12.1 Å². The molecule has 1 aliphatic rings. The minimum absolute atomic E-state index is 0.193. The quantitative estimate of drug-likeness (QED) is 0.546. The lowest BCUT2D eigenvalue weighted by atomic mass is 10.2. The molecule has 3 aromatic rings. The van der Waals surface area contributed by atoms with Crippen LogP contribution in [0.25, 0.3) is 11.5 Å². The fourth-order valence-corrected chi connectivity index (χ4v) is 4.05. The molecule has 0 saturated heterocycles. The summed E-state index contributed by atoms with van der Waals surface area (Å²) < 4.78 is 18.3. The number of fused-ring (bicyclic) bond motifs is 1. The Balaban J connectivity index is 1.52. The highest BCUT2D eigenvalue weighted by molar-refractivity contribution is 9.10. The number of rotatable bonds is 6. The first kappa shape index (κ1) is 18.7. The van der Waals surface area contributed by atoms with Gasteiger partial charge in [0, 0.05) is 23.7 Å². The summed E-state index contributed by atoms with van der Waals surface area (Å²) in [7, 11) is 1.81. The first-order valence-corrected chi connectivity index (χ1v) is 10.1. The molecule has 0 atom stereocenters. The van der Waals surface area contributed by atoms with E-state index in [4.69, 9.17) is 14.1 Å². The molecule has 3 heterocycles. The van der Waals surface area contributed by atoms with Crippen molar-refractivity contribution in [2.45, 2.75) is 24.3 Å². The van der Waals surface area contributed by atoms with Gasteiger partial charge in [-0.05, 0) is 28.0 Å². The molecule has 28 heavy (non-hydrogen) atoms. The number of thioether (sulfide) groups is 1. The third kappa shape index (κ3) is 3.56. The average molecular weight is 467 g/mol. The Morgan fingerprint density at radius 3 is 2.86 bits per heavy atom. The van der Waals surface area contributed by atoms with Gasteiger partial charge in [0.15, 0.2) is 28.2 Å². The van der Waals surface area contributed by atoms with Crippen molar-refractivity contribution in [3.63, 3.8) is 0 Å². The van der Waals surface area contributed by atoms with Crippen LogP contribution in [0.3, 0.4) is 0 Å². The maximum absolute atomic E-state index is 11.6. The molecule has 0 fully saturated rings. The van der Waals surface area contributed by atoms with Gasteiger partial charge in [-0.15, -0.1) is 10.2 Å². The monoisotopic (exact) mass is 466 g/mol. The zero-order valence-electron chi connectivity index (χ0n) is 14.9. The van der Waals surface area contributed by atoms with Crippen LogP contribution in [-0.4, -0.2) is 37.8 Å². The summed E-state index contributed by atoms with van der Waals surface area (Å²) >= 11 is 5.05. The van der Waals surface area contributed by atoms with E-state index >= 15 is 0 Å². The topological polar surface area (TPSA) is 117 Å². The van der Waals surface area contributed by atoms with E-state index in [-0.39, 0.29) is 18.5 Å². The third-order valence-corrected chi connectivity index (χ3v) is 5.82. The van der Waals surface area contributed by atoms with Crippen LogP contribution in [0.2, 0.25) is 0 Å². The summed E-state index contributed by atoms with van der Waals surface area (Å²) in [6.07, 6.45) is 0.316. The largest absolute Gasteiger partial charge is 0.454 e. The summed E-state index contributed by atoms with van der Waals surface area (Å²) in [6, 6.07) is 3.83. The average Bonchev–Trinajstić information content (AvgIpc) is 3.40. The van der Waals surface area contributed by atoms with Gasteiger partial charge in [-0.3, -0.25) is 4.79 Å². The zero-order valence-corrected chi connectivity index (χ0v) is 17.3. The van der Waals surface area contributed by atoms with Gasteiger partial charge in [0.25, 0.3) is 0 Å². The van der Waals surface area contributed by atoms with E-state index in [9.17, 15) is 4.79 Å². The highest BCUT2D eigenvalue weighted by Gasteiger charge is 2.22. The van der Waals surface area contributed by atoms with Gasteiger partial charge in [-0.25, -0.2) is 4.63 Å². The van der Waals surface area contributed by atoms with Gasteiger partial charge in [-0.1, -0.05) is 34.6 Å². The lowest BCUT2D eigenvalue weighted by molar-refractivity contribution is -0.115. The summed E-state index contributed by atoms with van der Waals surface area (Å²) in [5.41, 5.74) is 1.37. The molecule has 146 valence electrons. The van der Waals surface area contributed by atoms with E-state index in [2.05, 4.69) is 41.8 Å². The Kier molecular flexibility index (Phi) is 5.22. The summed E-state index contributed by atoms with van der Waals surface area (Å²) in [4.78, 5) is 11.6. The van der Waals surface area contributed by atoms with E-state index in [0.717, 1.165) is 21.5 Å². The van der Waals surface area contributed by atoms with Crippen molar-refractivity contribution in [3.8, 4) is 23.0 Å². The van der Waals surface area contributed by atoms with Gasteiger partial charge in [0.1, 0.15) is 0 Å². The smallest absolute Gasteiger partial charge is 0.231 e. The fraction of sp³-hybridized carbons (Fsp3) is 0.312. The van der Waals surface area contributed by atoms with Gasteiger partial charge >= 0.3 is 0 Å². The molecular formula is C16H15BrN6O4S. The Hall–Kier alpha value is -2.60. The van der Waals surface area contributed by atoms with Crippen LogP contribution in [0, 0.1) is 0 Å². The highest BCUT2D eigenvalue weighted by Crippen LogP contribution is 2.39. The van der Waals surface area contributed by atoms with Crippen LogP contribution in [0.1, 0.15) is 18.9 Å². The number of hydrogen-bond donors (Lipinski definition) is 1. The predicted octanol–water partition coefficient (Wildman–Crippen LogP) is 3.00. The van der Waals surface area contributed by atoms with Crippen LogP contribution in [0.4, 0.5) is 5.82 Å². The number of hydrogen-bond acceptors (Lipinski definition) is 9. The second-order valence-electron chi connectivity index (χ2n) is 5.81. The molecule has 1 aromatic carbocycles. The molecule has 0 radical (unpaired) electrons. The second kappa shape index (κ2) is 7.80. The Morgan fingerprint density at radius 1 is 1.29 bits per heavy atom. The first-order valence-electron chi connectivity index (χ1n) is 8.29. The number of carbonyl (C=O) groups excluding carboxylic acids is 1. The number of amides is 1. The van der Waals surface area contributed by atoms with E-state index in [1.54, 1.807) is 11.5 Å². The molecule has 4 rings (SSSR count). The maximum atomic E-state index is 11.6. The number of halogens is 1. The molecule has 0 bridgehead atoms. The normalized spacial score (nSPS) is 12.4. The molecule has 10 nitrogen and oxygen atoms in total. The first-order chi connectivity index (χ1) is 13.6. The molecule has 1 N–H and O–H groups in total. The molecule has 2 aromatic heterocycles. The van der Waals surface area contributed by atoms with Gasteiger partial charge in [0.2, 0.25) is 18.5 Å². The number of benzene rings is 1. The molecule has 0 spiro atoms. The Morgan fingerprint density at radius 2 is 2.07 bits per heavy atom. The van der Waals surface area contributed by atoms with Crippen molar-refractivity contribution in [2.24, 2.45) is 7.05 Å². The van der Waals surface area contributed by atoms with Crippen LogP contribution < -0.4 is 14.8 Å². The van der Waals surface area contributed by atoms with Crippen molar-refractivity contribution < 1.29 is 18.9 Å². The number of carbonyl (C=O) groups is 1. The number of nitrogens with zero attached hydrogens (tertiary/aromatic N) is 5.